The zero-order chi connectivity index (χ0) is 14.6. The van der Waals surface area contributed by atoms with Gasteiger partial charge in [0.1, 0.15) is 0 Å². The second-order valence-corrected chi connectivity index (χ2v) is 12.0. The van der Waals surface area contributed by atoms with Crippen molar-refractivity contribution in [3.8, 4) is 0 Å². The smallest absolute Gasteiger partial charge is 0.395 e. The van der Waals surface area contributed by atoms with Crippen molar-refractivity contribution in [1.82, 2.24) is 0 Å². The molecular formula is C12H21F3OSSi. The predicted molar refractivity (Wildman–Crippen MR) is 73.0 cm³/mol. The van der Waals surface area contributed by atoms with E-state index < -0.39 is 24.8 Å². The lowest BCUT2D eigenvalue weighted by Gasteiger charge is -2.59. The van der Waals surface area contributed by atoms with Gasteiger partial charge in [-0.25, -0.2) is 0 Å². The van der Waals surface area contributed by atoms with Crippen LogP contribution in [0.3, 0.4) is 0 Å². The van der Waals surface area contributed by atoms with Crippen molar-refractivity contribution in [1.29, 1.82) is 0 Å². The first-order valence-corrected chi connectivity index (χ1v) is 10.1. The van der Waals surface area contributed by atoms with Crippen LogP contribution in [0.5, 0.6) is 0 Å². The first-order valence-electron chi connectivity index (χ1n) is 5.88. The molecule has 1 heterocycles. The maximum absolute atomic E-state index is 13.5. The van der Waals surface area contributed by atoms with Gasteiger partial charge in [0.2, 0.25) is 4.93 Å². The third kappa shape index (κ3) is 2.39. The minimum atomic E-state index is -4.36. The Morgan fingerprint density at radius 3 is 1.83 bits per heavy atom. The van der Waals surface area contributed by atoms with Gasteiger partial charge in [0.25, 0.3) is 0 Å². The van der Waals surface area contributed by atoms with Gasteiger partial charge in [0, 0.05) is 5.41 Å². The molecule has 0 saturated carbocycles. The summed E-state index contributed by atoms with van der Waals surface area (Å²) in [5, 5.41) is 0. The van der Waals surface area contributed by atoms with Gasteiger partial charge in [0.05, 0.1) is 0 Å². The van der Waals surface area contributed by atoms with Crippen LogP contribution >= 0.6 is 11.8 Å². The fourth-order valence-corrected chi connectivity index (χ4v) is 5.64. The minimum Gasteiger partial charge on any atom is -0.395 e. The molecule has 0 amide bonds. The van der Waals surface area contributed by atoms with Crippen LogP contribution in [0.2, 0.25) is 19.6 Å². The molecule has 0 N–H and O–H groups in total. The zero-order valence-electron chi connectivity index (χ0n) is 12.0. The summed E-state index contributed by atoms with van der Waals surface area (Å²) in [6.07, 6.45) is -4.36. The quantitative estimate of drug-likeness (QED) is 0.651. The molecule has 0 aromatic heterocycles. The largest absolute Gasteiger partial charge is 0.427 e. The van der Waals surface area contributed by atoms with Crippen molar-refractivity contribution in [3.63, 3.8) is 0 Å². The number of thioether (sulfide) groups is 1. The maximum atomic E-state index is 13.5. The molecule has 1 nitrogen and oxygen atoms in total. The van der Waals surface area contributed by atoms with Gasteiger partial charge in [0.15, 0.2) is 8.32 Å². The summed E-state index contributed by atoms with van der Waals surface area (Å²) in [6.45, 7) is 12.3. The van der Waals surface area contributed by atoms with Crippen LogP contribution in [0.1, 0.15) is 27.7 Å². The monoisotopic (exact) mass is 298 g/mol. The Balaban J connectivity index is 3.26. The number of hydrogen-bond acceptors (Lipinski definition) is 2. The summed E-state index contributed by atoms with van der Waals surface area (Å²) >= 11 is 0.837. The van der Waals surface area contributed by atoms with E-state index in [0.29, 0.717) is 0 Å². The zero-order valence-corrected chi connectivity index (χ0v) is 13.8. The van der Waals surface area contributed by atoms with Gasteiger partial charge in [-0.05, 0) is 38.4 Å². The van der Waals surface area contributed by atoms with E-state index in [1.165, 1.54) is 0 Å². The van der Waals surface area contributed by atoms with E-state index in [9.17, 15) is 13.2 Å². The van der Waals surface area contributed by atoms with Crippen LogP contribution in [0, 0.1) is 5.41 Å². The summed E-state index contributed by atoms with van der Waals surface area (Å²) in [7, 11) is -2.29. The summed E-state index contributed by atoms with van der Waals surface area (Å²) in [6, 6.07) is 0. The molecule has 6 heteroatoms. The molecule has 0 unspecified atom stereocenters. The van der Waals surface area contributed by atoms with Crippen LogP contribution in [-0.2, 0) is 4.43 Å². The standard InChI is InChI=1S/C12H21F3OSSi/c1-8(2)9-10(3,4)11(17-9,12(13,14)15)16-18(5,6)7/h1-7H3/t11-/m0/s1. The van der Waals surface area contributed by atoms with Crippen molar-refractivity contribution in [2.45, 2.75) is 58.4 Å². The Hall–Kier alpha value is 0.0569. The van der Waals surface area contributed by atoms with E-state index >= 15 is 0 Å². The highest BCUT2D eigenvalue weighted by atomic mass is 32.2. The van der Waals surface area contributed by atoms with E-state index in [0.717, 1.165) is 22.2 Å². The SMILES string of the molecule is CC(C)=C1S[C@](O[Si](C)(C)C)(C(F)(F)F)C1(C)C. The van der Waals surface area contributed by atoms with Crippen LogP contribution in [0.15, 0.2) is 10.5 Å². The molecule has 1 atom stereocenters. The lowest BCUT2D eigenvalue weighted by atomic mass is 9.81. The van der Waals surface area contributed by atoms with Crippen molar-refractivity contribution in [3.05, 3.63) is 10.5 Å². The van der Waals surface area contributed by atoms with Gasteiger partial charge in [-0.1, -0.05) is 31.2 Å². The molecule has 1 aliphatic rings. The van der Waals surface area contributed by atoms with Crippen LogP contribution in [0.4, 0.5) is 13.2 Å². The Morgan fingerprint density at radius 1 is 1.17 bits per heavy atom. The fraction of sp³-hybridized carbons (Fsp3) is 0.833. The average Bonchev–Trinajstić information content (AvgIpc) is 2.06. The Morgan fingerprint density at radius 2 is 1.61 bits per heavy atom. The van der Waals surface area contributed by atoms with Crippen LogP contribution in [0.25, 0.3) is 0 Å². The molecule has 1 saturated heterocycles. The Kier molecular flexibility index (Phi) is 3.83. The highest BCUT2D eigenvalue weighted by Gasteiger charge is 2.74. The normalized spacial score (nSPS) is 28.0. The van der Waals surface area contributed by atoms with Gasteiger partial charge in [-0.3, -0.25) is 0 Å². The molecule has 1 rings (SSSR count). The van der Waals surface area contributed by atoms with Crippen LogP contribution in [-0.4, -0.2) is 19.4 Å². The topological polar surface area (TPSA) is 9.23 Å². The minimum absolute atomic E-state index is 0.790. The second kappa shape index (κ2) is 4.28. The lowest BCUT2D eigenvalue weighted by molar-refractivity contribution is -0.244. The highest BCUT2D eigenvalue weighted by Crippen LogP contribution is 2.71. The maximum Gasteiger partial charge on any atom is 0.427 e. The van der Waals surface area contributed by atoms with E-state index in [1.807, 2.05) is 13.8 Å². The van der Waals surface area contributed by atoms with Gasteiger partial charge < -0.3 is 4.43 Å². The van der Waals surface area contributed by atoms with E-state index in [4.69, 9.17) is 4.43 Å². The van der Waals surface area contributed by atoms with Gasteiger partial charge in [-0.2, -0.15) is 13.2 Å². The first-order chi connectivity index (χ1) is 7.75. The molecule has 18 heavy (non-hydrogen) atoms. The number of rotatable bonds is 2. The first kappa shape index (κ1) is 16.1. The predicted octanol–water partition coefficient (Wildman–Crippen LogP) is 5.16. The number of hydrogen-bond donors (Lipinski definition) is 0. The lowest BCUT2D eigenvalue weighted by Crippen LogP contribution is -2.65. The summed E-state index contributed by atoms with van der Waals surface area (Å²) < 4.78 is 46.0. The molecule has 0 aliphatic carbocycles. The van der Waals surface area contributed by atoms with Gasteiger partial charge >= 0.3 is 6.18 Å². The summed E-state index contributed by atoms with van der Waals surface area (Å²) in [5.41, 5.74) is -0.0706. The summed E-state index contributed by atoms with van der Waals surface area (Å²) in [4.78, 5) is -1.30. The van der Waals surface area contributed by atoms with Crippen molar-refractivity contribution < 1.29 is 17.6 Å². The summed E-state index contributed by atoms with van der Waals surface area (Å²) in [5.74, 6) is 0. The highest BCUT2D eigenvalue weighted by molar-refractivity contribution is 8.06. The van der Waals surface area contributed by atoms with Crippen LogP contribution < -0.4 is 0 Å². The van der Waals surface area contributed by atoms with Crippen molar-refractivity contribution in [2.75, 3.05) is 0 Å². The molecular weight excluding hydrogens is 277 g/mol. The molecule has 0 bridgehead atoms. The number of alkyl halides is 3. The average molecular weight is 298 g/mol. The van der Waals surface area contributed by atoms with E-state index in [2.05, 4.69) is 0 Å². The molecule has 0 spiro atoms. The molecule has 1 fully saturated rings. The molecule has 0 aromatic carbocycles. The molecule has 0 radical (unpaired) electrons. The molecule has 106 valence electrons. The second-order valence-electron chi connectivity index (χ2n) is 6.38. The van der Waals surface area contributed by atoms with Crippen molar-refractivity contribution >= 4 is 20.1 Å². The third-order valence-corrected chi connectivity index (χ3v) is 6.22. The number of halogens is 3. The Bertz CT molecular complexity index is 378. The number of allylic oxidation sites excluding steroid dienone is 1. The van der Waals surface area contributed by atoms with Crippen molar-refractivity contribution in [2.24, 2.45) is 5.41 Å². The fourth-order valence-electron chi connectivity index (χ4n) is 2.28. The van der Waals surface area contributed by atoms with E-state index in [1.54, 1.807) is 33.5 Å². The Labute approximate surface area is 112 Å². The van der Waals surface area contributed by atoms with Gasteiger partial charge in [-0.15, -0.1) is 0 Å². The molecule has 0 aromatic rings. The third-order valence-electron chi connectivity index (χ3n) is 2.91. The molecule has 1 aliphatic heterocycles. The van der Waals surface area contributed by atoms with E-state index in [-0.39, 0.29) is 0 Å².